The lowest BCUT2D eigenvalue weighted by atomic mass is 10.3. The van der Waals surface area contributed by atoms with Crippen LogP contribution in [-0.4, -0.2) is 52.2 Å². The molecule has 1 aromatic heterocycles. The number of rotatable bonds is 3. The van der Waals surface area contributed by atoms with E-state index in [1.54, 1.807) is 11.8 Å². The number of nitrogens with one attached hydrogen (secondary N) is 1. The number of hydrogen-bond donors (Lipinski definition) is 1. The quantitative estimate of drug-likeness (QED) is 0.918. The molecular formula is C15H16F2N6O. The van der Waals surface area contributed by atoms with Crippen molar-refractivity contribution in [1.82, 2.24) is 20.1 Å². The van der Waals surface area contributed by atoms with E-state index in [9.17, 15) is 13.6 Å². The van der Waals surface area contributed by atoms with Crippen LogP contribution in [0.3, 0.4) is 0 Å². The molecule has 1 aliphatic heterocycles. The Kier molecular flexibility index (Phi) is 4.50. The summed E-state index contributed by atoms with van der Waals surface area (Å²) in [5, 5.41) is 10.5. The predicted octanol–water partition coefficient (Wildman–Crippen LogP) is 1.56. The zero-order valence-corrected chi connectivity index (χ0v) is 13.0. The average molecular weight is 334 g/mol. The Hall–Kier alpha value is -2.84. The summed E-state index contributed by atoms with van der Waals surface area (Å²) < 4.78 is 26.2. The standard InChI is InChI=1S/C15H16F2N6O/c1-10(24)22-4-6-23(7-5-22)14-9-18-21-15(20-14)19-11-2-3-12(16)13(17)8-11/h2-3,8-9H,4-7H2,1H3,(H,19,20,21). The number of aromatic nitrogens is 3. The summed E-state index contributed by atoms with van der Waals surface area (Å²) in [5.74, 6) is -1.02. The van der Waals surface area contributed by atoms with Crippen molar-refractivity contribution in [3.8, 4) is 0 Å². The van der Waals surface area contributed by atoms with Gasteiger partial charge in [0.2, 0.25) is 11.9 Å². The second-order valence-corrected chi connectivity index (χ2v) is 5.39. The Morgan fingerprint density at radius 3 is 2.58 bits per heavy atom. The number of nitrogens with zero attached hydrogens (tertiary/aromatic N) is 5. The van der Waals surface area contributed by atoms with Gasteiger partial charge in [-0.1, -0.05) is 0 Å². The molecule has 24 heavy (non-hydrogen) atoms. The summed E-state index contributed by atoms with van der Waals surface area (Å²) in [7, 11) is 0. The third kappa shape index (κ3) is 3.55. The van der Waals surface area contributed by atoms with Gasteiger partial charge in [-0.2, -0.15) is 10.1 Å². The van der Waals surface area contributed by atoms with E-state index in [0.717, 1.165) is 12.1 Å². The summed E-state index contributed by atoms with van der Waals surface area (Å²) in [5.41, 5.74) is 0.328. The van der Waals surface area contributed by atoms with Crippen molar-refractivity contribution in [3.63, 3.8) is 0 Å². The number of anilines is 3. The maximum atomic E-state index is 13.2. The van der Waals surface area contributed by atoms with Crippen LogP contribution in [0.2, 0.25) is 0 Å². The number of carbonyl (C=O) groups excluding carboxylic acids is 1. The Balaban J connectivity index is 1.70. The van der Waals surface area contributed by atoms with E-state index in [2.05, 4.69) is 20.5 Å². The van der Waals surface area contributed by atoms with Gasteiger partial charge in [-0.05, 0) is 12.1 Å². The van der Waals surface area contributed by atoms with Crippen LogP contribution in [0.5, 0.6) is 0 Å². The number of benzene rings is 1. The van der Waals surface area contributed by atoms with E-state index in [0.29, 0.717) is 37.7 Å². The molecule has 1 aromatic carbocycles. The smallest absolute Gasteiger partial charge is 0.249 e. The molecule has 1 saturated heterocycles. The number of amides is 1. The zero-order valence-electron chi connectivity index (χ0n) is 13.0. The molecule has 0 radical (unpaired) electrons. The fourth-order valence-corrected chi connectivity index (χ4v) is 2.45. The molecule has 1 N–H and O–H groups in total. The number of halogens is 2. The predicted molar refractivity (Wildman–Crippen MR) is 83.9 cm³/mol. The van der Waals surface area contributed by atoms with Crippen LogP contribution in [0.1, 0.15) is 6.92 Å². The molecule has 1 amide bonds. The number of piperazine rings is 1. The first-order chi connectivity index (χ1) is 11.5. The normalized spacial score (nSPS) is 14.6. The lowest BCUT2D eigenvalue weighted by Gasteiger charge is -2.34. The molecule has 1 fully saturated rings. The zero-order chi connectivity index (χ0) is 17.1. The van der Waals surface area contributed by atoms with Crippen molar-refractivity contribution in [2.75, 3.05) is 36.4 Å². The van der Waals surface area contributed by atoms with Gasteiger partial charge in [0.15, 0.2) is 17.5 Å². The topological polar surface area (TPSA) is 74.2 Å². The van der Waals surface area contributed by atoms with E-state index < -0.39 is 11.6 Å². The van der Waals surface area contributed by atoms with Gasteiger partial charge in [0, 0.05) is 44.9 Å². The van der Waals surface area contributed by atoms with E-state index >= 15 is 0 Å². The van der Waals surface area contributed by atoms with Crippen molar-refractivity contribution < 1.29 is 13.6 Å². The third-order valence-corrected chi connectivity index (χ3v) is 3.77. The summed E-state index contributed by atoms with van der Waals surface area (Å²) in [6.45, 7) is 4.06. The van der Waals surface area contributed by atoms with Gasteiger partial charge in [-0.15, -0.1) is 5.10 Å². The molecule has 0 saturated carbocycles. The van der Waals surface area contributed by atoms with Crippen molar-refractivity contribution >= 4 is 23.4 Å². The molecule has 0 atom stereocenters. The minimum absolute atomic E-state index is 0.0520. The van der Waals surface area contributed by atoms with E-state index in [4.69, 9.17) is 0 Å². The summed E-state index contributed by atoms with van der Waals surface area (Å²) in [4.78, 5) is 19.4. The van der Waals surface area contributed by atoms with Crippen LogP contribution in [0.15, 0.2) is 24.4 Å². The Labute approximate surface area is 137 Å². The van der Waals surface area contributed by atoms with Gasteiger partial charge in [0.1, 0.15) is 0 Å². The van der Waals surface area contributed by atoms with Crippen molar-refractivity contribution in [1.29, 1.82) is 0 Å². The van der Waals surface area contributed by atoms with Crippen LogP contribution in [0, 0.1) is 11.6 Å². The SMILES string of the molecule is CC(=O)N1CCN(c2cnnc(Nc3ccc(F)c(F)c3)n2)CC1. The van der Waals surface area contributed by atoms with E-state index in [-0.39, 0.29) is 11.9 Å². The van der Waals surface area contributed by atoms with Crippen molar-refractivity contribution in [2.24, 2.45) is 0 Å². The average Bonchev–Trinajstić information content (AvgIpc) is 2.58. The van der Waals surface area contributed by atoms with Crippen LogP contribution >= 0.6 is 0 Å². The lowest BCUT2D eigenvalue weighted by molar-refractivity contribution is -0.129. The fraction of sp³-hybridized carbons (Fsp3) is 0.333. The summed E-state index contributed by atoms with van der Waals surface area (Å²) in [6.07, 6.45) is 1.53. The Morgan fingerprint density at radius 2 is 1.92 bits per heavy atom. The first-order valence-electron chi connectivity index (χ1n) is 7.45. The number of carbonyl (C=O) groups is 1. The molecule has 7 nitrogen and oxygen atoms in total. The highest BCUT2D eigenvalue weighted by atomic mass is 19.2. The molecule has 0 aliphatic carbocycles. The van der Waals surface area contributed by atoms with Crippen molar-refractivity contribution in [2.45, 2.75) is 6.92 Å². The first-order valence-corrected chi connectivity index (χ1v) is 7.45. The molecular weight excluding hydrogens is 318 g/mol. The molecule has 126 valence electrons. The summed E-state index contributed by atoms with van der Waals surface area (Å²) in [6, 6.07) is 3.44. The third-order valence-electron chi connectivity index (χ3n) is 3.77. The van der Waals surface area contributed by atoms with Gasteiger partial charge < -0.3 is 15.1 Å². The largest absolute Gasteiger partial charge is 0.352 e. The monoisotopic (exact) mass is 334 g/mol. The highest BCUT2D eigenvalue weighted by Crippen LogP contribution is 2.18. The number of hydrogen-bond acceptors (Lipinski definition) is 6. The second-order valence-electron chi connectivity index (χ2n) is 5.39. The van der Waals surface area contributed by atoms with E-state index in [1.165, 1.54) is 12.3 Å². The van der Waals surface area contributed by atoms with Crippen molar-refractivity contribution in [3.05, 3.63) is 36.0 Å². The van der Waals surface area contributed by atoms with Gasteiger partial charge in [-0.3, -0.25) is 4.79 Å². The maximum Gasteiger partial charge on any atom is 0.249 e. The van der Waals surface area contributed by atoms with Crippen LogP contribution in [-0.2, 0) is 4.79 Å². The second kappa shape index (κ2) is 6.73. The molecule has 0 unspecified atom stereocenters. The van der Waals surface area contributed by atoms with Gasteiger partial charge in [-0.25, -0.2) is 8.78 Å². The summed E-state index contributed by atoms with van der Waals surface area (Å²) >= 11 is 0. The molecule has 2 aromatic rings. The van der Waals surface area contributed by atoms with Crippen LogP contribution < -0.4 is 10.2 Å². The fourth-order valence-electron chi connectivity index (χ4n) is 2.45. The van der Waals surface area contributed by atoms with Crippen LogP contribution in [0.25, 0.3) is 0 Å². The minimum Gasteiger partial charge on any atom is -0.352 e. The Morgan fingerprint density at radius 1 is 1.17 bits per heavy atom. The molecule has 0 spiro atoms. The highest BCUT2D eigenvalue weighted by molar-refractivity contribution is 5.73. The minimum atomic E-state index is -0.954. The molecule has 9 heteroatoms. The molecule has 3 rings (SSSR count). The van der Waals surface area contributed by atoms with Gasteiger partial charge in [0.05, 0.1) is 6.20 Å². The Bertz CT molecular complexity index is 748. The molecule has 0 bridgehead atoms. The van der Waals surface area contributed by atoms with Gasteiger partial charge in [0.25, 0.3) is 0 Å². The molecule has 1 aliphatic rings. The van der Waals surface area contributed by atoms with E-state index in [1.807, 2.05) is 4.90 Å². The molecule has 2 heterocycles. The highest BCUT2D eigenvalue weighted by Gasteiger charge is 2.20. The van der Waals surface area contributed by atoms with Gasteiger partial charge >= 0.3 is 0 Å². The maximum absolute atomic E-state index is 13.2. The van der Waals surface area contributed by atoms with Crippen LogP contribution in [0.4, 0.5) is 26.2 Å². The lowest BCUT2D eigenvalue weighted by Crippen LogP contribution is -2.48. The first kappa shape index (κ1) is 16.0.